The summed E-state index contributed by atoms with van der Waals surface area (Å²) in [4.78, 5) is 25.8. The highest BCUT2D eigenvalue weighted by molar-refractivity contribution is 6.00. The van der Waals surface area contributed by atoms with Crippen LogP contribution in [0.3, 0.4) is 0 Å². The van der Waals surface area contributed by atoms with E-state index in [1.165, 1.54) is 0 Å². The monoisotopic (exact) mass is 515 g/mol. The zero-order valence-corrected chi connectivity index (χ0v) is 22.4. The first-order chi connectivity index (χ1) is 18.0. The van der Waals surface area contributed by atoms with E-state index in [9.17, 15) is 14.9 Å². The molecule has 0 radical (unpaired) electrons. The van der Waals surface area contributed by atoms with Crippen LogP contribution in [-0.4, -0.2) is 24.9 Å². The molecule has 3 N–H and O–H groups in total. The number of anilines is 1. The van der Waals surface area contributed by atoms with Crippen LogP contribution in [0.25, 0.3) is 0 Å². The van der Waals surface area contributed by atoms with Crippen molar-refractivity contribution in [1.29, 1.82) is 5.26 Å². The fourth-order valence-corrected chi connectivity index (χ4v) is 4.93. The van der Waals surface area contributed by atoms with Crippen molar-refractivity contribution in [2.24, 2.45) is 11.1 Å². The smallest absolute Gasteiger partial charge is 0.262 e. The minimum absolute atomic E-state index is 0.00292. The van der Waals surface area contributed by atoms with Gasteiger partial charge >= 0.3 is 0 Å². The number of allylic oxidation sites excluding steroid dienone is 3. The predicted molar refractivity (Wildman–Crippen MR) is 143 cm³/mol. The van der Waals surface area contributed by atoms with Crippen molar-refractivity contribution in [2.45, 2.75) is 53.4 Å². The van der Waals surface area contributed by atoms with Gasteiger partial charge in [0.15, 0.2) is 23.9 Å². The van der Waals surface area contributed by atoms with E-state index in [1.807, 2.05) is 52.8 Å². The van der Waals surface area contributed by atoms with Gasteiger partial charge in [-0.2, -0.15) is 5.26 Å². The van der Waals surface area contributed by atoms with Gasteiger partial charge in [-0.1, -0.05) is 32.0 Å². The Hall–Kier alpha value is -4.25. The maximum absolute atomic E-state index is 13.2. The highest BCUT2D eigenvalue weighted by Gasteiger charge is 2.43. The van der Waals surface area contributed by atoms with Crippen LogP contribution in [0.15, 0.2) is 59.2 Å². The third-order valence-corrected chi connectivity index (χ3v) is 6.91. The molecule has 0 fully saturated rings. The topological polar surface area (TPSA) is 124 Å². The molecule has 8 heteroatoms. The molecule has 1 atom stereocenters. The highest BCUT2D eigenvalue weighted by atomic mass is 16.5. The zero-order chi connectivity index (χ0) is 27.6. The molecule has 1 aliphatic heterocycles. The number of hydrogen-bond acceptors (Lipinski definition) is 7. The van der Waals surface area contributed by atoms with Gasteiger partial charge < -0.3 is 25.3 Å². The molecule has 8 nitrogen and oxygen atoms in total. The largest absolute Gasteiger partial charge is 0.490 e. The van der Waals surface area contributed by atoms with Gasteiger partial charge in [-0.25, -0.2) is 0 Å². The molecule has 4 rings (SSSR count). The van der Waals surface area contributed by atoms with E-state index in [2.05, 4.69) is 11.4 Å². The lowest BCUT2D eigenvalue weighted by Crippen LogP contribution is -2.33. The van der Waals surface area contributed by atoms with E-state index in [1.54, 1.807) is 18.2 Å². The van der Waals surface area contributed by atoms with Crippen molar-refractivity contribution in [1.82, 2.24) is 0 Å². The number of rotatable bonds is 7. The first kappa shape index (κ1) is 26.8. The SMILES string of the molecule is CCOc1cc(C2C(C#N)=C(N)OC3=C2C(=O)CC(C)(C)C3)ccc1OCC(=O)Nc1cccc(C)c1C. The third-order valence-electron chi connectivity index (χ3n) is 6.91. The first-order valence-corrected chi connectivity index (χ1v) is 12.6. The van der Waals surface area contributed by atoms with Gasteiger partial charge in [-0.3, -0.25) is 9.59 Å². The van der Waals surface area contributed by atoms with Crippen LogP contribution in [0.5, 0.6) is 11.5 Å². The average molecular weight is 516 g/mol. The molecule has 2 aromatic carbocycles. The number of amides is 1. The molecule has 1 aliphatic carbocycles. The normalized spacial score (nSPS) is 18.3. The number of ether oxygens (including phenoxy) is 3. The third kappa shape index (κ3) is 5.37. The summed E-state index contributed by atoms with van der Waals surface area (Å²) in [5, 5.41) is 12.8. The molecule has 1 unspecified atom stereocenters. The molecular weight excluding hydrogens is 482 g/mol. The summed E-state index contributed by atoms with van der Waals surface area (Å²) < 4.78 is 17.4. The van der Waals surface area contributed by atoms with E-state index in [0.29, 0.717) is 47.8 Å². The van der Waals surface area contributed by atoms with Crippen molar-refractivity contribution in [3.63, 3.8) is 0 Å². The molecule has 38 heavy (non-hydrogen) atoms. The number of nitriles is 1. The van der Waals surface area contributed by atoms with E-state index < -0.39 is 5.92 Å². The van der Waals surface area contributed by atoms with Crippen molar-refractivity contribution in [3.8, 4) is 17.6 Å². The summed E-state index contributed by atoms with van der Waals surface area (Å²) in [6.45, 7) is 9.91. The van der Waals surface area contributed by atoms with Crippen LogP contribution in [0.4, 0.5) is 5.69 Å². The van der Waals surface area contributed by atoms with E-state index >= 15 is 0 Å². The van der Waals surface area contributed by atoms with Crippen LogP contribution in [0.1, 0.15) is 56.2 Å². The quantitative estimate of drug-likeness (QED) is 0.521. The zero-order valence-electron chi connectivity index (χ0n) is 22.4. The molecule has 2 aromatic rings. The van der Waals surface area contributed by atoms with Crippen LogP contribution in [-0.2, 0) is 14.3 Å². The summed E-state index contributed by atoms with van der Waals surface area (Å²) in [7, 11) is 0. The highest BCUT2D eigenvalue weighted by Crippen LogP contribution is 2.48. The lowest BCUT2D eigenvalue weighted by molar-refractivity contribution is -0.119. The number of hydrogen-bond donors (Lipinski definition) is 2. The number of ketones is 1. The van der Waals surface area contributed by atoms with Crippen molar-refractivity contribution in [2.75, 3.05) is 18.5 Å². The average Bonchev–Trinajstić information content (AvgIpc) is 2.84. The maximum atomic E-state index is 13.2. The summed E-state index contributed by atoms with van der Waals surface area (Å²) in [6, 6.07) is 13.0. The number of benzene rings is 2. The number of nitrogens with zero attached hydrogens (tertiary/aromatic N) is 1. The van der Waals surface area contributed by atoms with Gasteiger partial charge in [0.2, 0.25) is 5.88 Å². The van der Waals surface area contributed by atoms with Gasteiger partial charge in [-0.05, 0) is 61.1 Å². The van der Waals surface area contributed by atoms with Gasteiger partial charge in [0.05, 0.1) is 12.5 Å². The summed E-state index contributed by atoms with van der Waals surface area (Å²) in [5.74, 6) is 0.243. The Bertz CT molecular complexity index is 1400. The fraction of sp³-hybridized carbons (Fsp3) is 0.367. The lowest BCUT2D eigenvalue weighted by atomic mass is 9.70. The lowest BCUT2D eigenvalue weighted by Gasteiger charge is -2.37. The molecule has 1 heterocycles. The summed E-state index contributed by atoms with van der Waals surface area (Å²) >= 11 is 0. The number of nitrogens with one attached hydrogen (secondary N) is 1. The molecule has 0 bridgehead atoms. The van der Waals surface area contributed by atoms with Gasteiger partial charge in [0.25, 0.3) is 5.91 Å². The number of Topliss-reactive ketones (excluding diaryl/α,β-unsaturated/α-hetero) is 1. The Kier molecular flexibility index (Phi) is 7.49. The van der Waals surface area contributed by atoms with Gasteiger partial charge in [0, 0.05) is 24.1 Å². The Morgan fingerprint density at radius 3 is 2.66 bits per heavy atom. The standard InChI is InChI=1S/C30H33N3O5/c1-6-36-24-12-19(10-11-23(24)37-16-26(35)33-21-9-7-8-17(2)18(21)3)27-20(15-31)29(32)38-25-14-30(4,5)13-22(34)28(25)27/h7-12,27H,6,13-14,16,32H2,1-5H3,(H,33,35). The van der Waals surface area contributed by atoms with Crippen molar-refractivity contribution >= 4 is 17.4 Å². The van der Waals surface area contributed by atoms with Crippen molar-refractivity contribution in [3.05, 3.63) is 75.9 Å². The minimum Gasteiger partial charge on any atom is -0.490 e. The summed E-state index contributed by atoms with van der Waals surface area (Å²) in [6.07, 6.45) is 0.887. The molecule has 1 amide bonds. The van der Waals surface area contributed by atoms with Crippen LogP contribution in [0.2, 0.25) is 0 Å². The van der Waals surface area contributed by atoms with Crippen LogP contribution in [0, 0.1) is 30.6 Å². The second-order valence-electron chi connectivity index (χ2n) is 10.4. The number of aryl methyl sites for hydroxylation is 1. The molecule has 0 saturated carbocycles. The van der Waals surface area contributed by atoms with Crippen LogP contribution >= 0.6 is 0 Å². The molecule has 2 aliphatic rings. The Labute approximate surface area is 223 Å². The minimum atomic E-state index is -0.673. The van der Waals surface area contributed by atoms with E-state index in [4.69, 9.17) is 19.9 Å². The number of carbonyl (C=O) groups excluding carboxylic acids is 2. The second-order valence-corrected chi connectivity index (χ2v) is 10.4. The molecule has 0 spiro atoms. The van der Waals surface area contributed by atoms with Gasteiger partial charge in [-0.15, -0.1) is 0 Å². The van der Waals surface area contributed by atoms with E-state index in [0.717, 1.165) is 16.8 Å². The second kappa shape index (κ2) is 10.6. The maximum Gasteiger partial charge on any atom is 0.262 e. The van der Waals surface area contributed by atoms with E-state index in [-0.39, 0.29) is 35.2 Å². The number of carbonyl (C=O) groups is 2. The fourth-order valence-electron chi connectivity index (χ4n) is 4.93. The van der Waals surface area contributed by atoms with Gasteiger partial charge in [0.1, 0.15) is 17.4 Å². The Morgan fingerprint density at radius 2 is 1.95 bits per heavy atom. The molecule has 0 aromatic heterocycles. The Morgan fingerprint density at radius 1 is 1.18 bits per heavy atom. The Balaban J connectivity index is 1.62. The first-order valence-electron chi connectivity index (χ1n) is 12.6. The number of nitrogens with two attached hydrogens (primary N) is 1. The molecule has 0 saturated heterocycles. The van der Waals surface area contributed by atoms with Crippen molar-refractivity contribution < 1.29 is 23.8 Å². The predicted octanol–water partition coefficient (Wildman–Crippen LogP) is 5.17. The van der Waals surface area contributed by atoms with Crippen LogP contribution < -0.4 is 20.5 Å². The molecular formula is C30H33N3O5. The molecule has 198 valence electrons. The summed E-state index contributed by atoms with van der Waals surface area (Å²) in [5.41, 5.74) is 9.97.